The minimum atomic E-state index is 0.781. The average Bonchev–Trinajstić information content (AvgIpc) is 2.51. The third-order valence-electron chi connectivity index (χ3n) is 1.40. The Morgan fingerprint density at radius 3 is 2.92 bits per heavy atom. The van der Waals surface area contributed by atoms with Gasteiger partial charge in [0.1, 0.15) is 0 Å². The molecule has 0 atom stereocenters. The summed E-state index contributed by atoms with van der Waals surface area (Å²) in [5.41, 5.74) is 0. The lowest BCUT2D eigenvalue weighted by Gasteiger charge is -2.14. The summed E-state index contributed by atoms with van der Waals surface area (Å²) in [4.78, 5) is 3.20. The maximum absolute atomic E-state index is 5.07. The van der Waals surface area contributed by atoms with Crippen LogP contribution in [0.3, 0.4) is 0 Å². The van der Waals surface area contributed by atoms with Gasteiger partial charge in [-0.25, -0.2) is 0 Å². The second-order valence-corrected chi connectivity index (χ2v) is 4.05. The molecule has 1 N–H and O–H groups in total. The molecule has 12 heavy (non-hydrogen) atoms. The average molecular weight is 200 g/mol. The molecule has 1 aromatic heterocycles. The molecule has 0 aliphatic carbocycles. The van der Waals surface area contributed by atoms with E-state index in [4.69, 9.17) is 12.2 Å². The Hall–Kier alpha value is -0.610. The summed E-state index contributed by atoms with van der Waals surface area (Å²) in [7, 11) is 3.87. The lowest BCUT2D eigenvalue weighted by atomic mass is 10.5. The molecule has 66 valence electrons. The largest absolute Gasteiger partial charge is 0.358 e. The second-order valence-electron chi connectivity index (χ2n) is 2.63. The topological polar surface area (TPSA) is 15.3 Å². The molecule has 0 amide bonds. The zero-order valence-electron chi connectivity index (χ0n) is 7.20. The molecule has 1 rings (SSSR count). The molecule has 0 unspecified atom stereocenters. The number of hydrogen-bond donors (Lipinski definition) is 1. The molecule has 0 fully saturated rings. The number of nitrogens with one attached hydrogen (secondary N) is 1. The van der Waals surface area contributed by atoms with E-state index in [2.05, 4.69) is 16.8 Å². The summed E-state index contributed by atoms with van der Waals surface area (Å²) >= 11 is 6.81. The van der Waals surface area contributed by atoms with Gasteiger partial charge in [0.2, 0.25) is 0 Å². The van der Waals surface area contributed by atoms with Crippen molar-refractivity contribution in [3.05, 3.63) is 22.4 Å². The molecule has 4 heteroatoms. The van der Waals surface area contributed by atoms with Crippen molar-refractivity contribution in [2.45, 2.75) is 6.54 Å². The minimum absolute atomic E-state index is 0.781. The van der Waals surface area contributed by atoms with Gasteiger partial charge >= 0.3 is 0 Å². The van der Waals surface area contributed by atoms with Gasteiger partial charge < -0.3 is 10.2 Å². The highest BCUT2D eigenvalue weighted by Gasteiger charge is 1.97. The van der Waals surface area contributed by atoms with Crippen molar-refractivity contribution in [3.63, 3.8) is 0 Å². The zero-order valence-corrected chi connectivity index (χ0v) is 8.84. The summed E-state index contributed by atoms with van der Waals surface area (Å²) in [5, 5.41) is 6.00. The summed E-state index contributed by atoms with van der Waals surface area (Å²) < 4.78 is 0. The first-order valence-electron chi connectivity index (χ1n) is 3.67. The smallest absolute Gasteiger partial charge is 0.168 e. The summed E-state index contributed by atoms with van der Waals surface area (Å²) in [5.74, 6) is 0. The highest BCUT2D eigenvalue weighted by molar-refractivity contribution is 7.80. The molecule has 1 heterocycles. The van der Waals surface area contributed by atoms with Crippen LogP contribution in [0, 0.1) is 0 Å². The van der Waals surface area contributed by atoms with Crippen molar-refractivity contribution in [3.8, 4) is 0 Å². The number of hydrogen-bond acceptors (Lipinski definition) is 2. The molecule has 0 spiro atoms. The van der Waals surface area contributed by atoms with Crippen LogP contribution in [0.15, 0.2) is 17.5 Å². The Morgan fingerprint density at radius 2 is 2.42 bits per heavy atom. The van der Waals surface area contributed by atoms with Crippen LogP contribution >= 0.6 is 23.6 Å². The number of thiocarbonyl (C=S) groups is 1. The van der Waals surface area contributed by atoms with E-state index in [1.807, 2.05) is 25.1 Å². The van der Waals surface area contributed by atoms with Crippen molar-refractivity contribution in [2.24, 2.45) is 0 Å². The Bertz CT molecular complexity index is 242. The van der Waals surface area contributed by atoms with E-state index in [1.54, 1.807) is 11.3 Å². The van der Waals surface area contributed by atoms with Gasteiger partial charge in [-0.2, -0.15) is 0 Å². The fourth-order valence-electron chi connectivity index (χ4n) is 0.734. The van der Waals surface area contributed by atoms with Crippen LogP contribution in [0.5, 0.6) is 0 Å². The SMILES string of the molecule is CN(C)C(=S)NCc1cccs1. The summed E-state index contributed by atoms with van der Waals surface area (Å²) in [6.45, 7) is 0.828. The molecule has 1 aromatic rings. The Labute approximate surface area is 82.2 Å². The predicted molar refractivity (Wildman–Crippen MR) is 57.4 cm³/mol. The number of thiophene rings is 1. The fourth-order valence-corrected chi connectivity index (χ4v) is 1.45. The van der Waals surface area contributed by atoms with Gasteiger partial charge in [0.15, 0.2) is 5.11 Å². The van der Waals surface area contributed by atoms with E-state index in [0.29, 0.717) is 0 Å². The van der Waals surface area contributed by atoms with Crippen LogP contribution in [0.4, 0.5) is 0 Å². The van der Waals surface area contributed by atoms with Crippen molar-refractivity contribution < 1.29 is 0 Å². The molecular weight excluding hydrogens is 188 g/mol. The molecule has 0 saturated heterocycles. The first-order valence-corrected chi connectivity index (χ1v) is 4.96. The van der Waals surface area contributed by atoms with Crippen molar-refractivity contribution in [1.82, 2.24) is 10.2 Å². The second kappa shape index (κ2) is 4.42. The maximum Gasteiger partial charge on any atom is 0.168 e. The van der Waals surface area contributed by atoms with Crippen LogP contribution < -0.4 is 5.32 Å². The van der Waals surface area contributed by atoms with Gasteiger partial charge in [0.05, 0.1) is 6.54 Å². The predicted octanol–water partition coefficient (Wildman–Crippen LogP) is 1.68. The van der Waals surface area contributed by atoms with Crippen molar-refractivity contribution in [1.29, 1.82) is 0 Å². The fraction of sp³-hybridized carbons (Fsp3) is 0.375. The van der Waals surface area contributed by atoms with E-state index in [9.17, 15) is 0 Å². The van der Waals surface area contributed by atoms with Crippen LogP contribution in [0.1, 0.15) is 4.88 Å². The lowest BCUT2D eigenvalue weighted by molar-refractivity contribution is 0.601. The number of nitrogens with zero attached hydrogens (tertiary/aromatic N) is 1. The van der Waals surface area contributed by atoms with Crippen molar-refractivity contribution in [2.75, 3.05) is 14.1 Å². The summed E-state index contributed by atoms with van der Waals surface area (Å²) in [6, 6.07) is 4.14. The summed E-state index contributed by atoms with van der Waals surface area (Å²) in [6.07, 6.45) is 0. The van der Waals surface area contributed by atoms with Gasteiger partial charge in [-0.3, -0.25) is 0 Å². The molecule has 2 nitrogen and oxygen atoms in total. The Balaban J connectivity index is 2.32. The van der Waals surface area contributed by atoms with Crippen LogP contribution in [0.2, 0.25) is 0 Å². The van der Waals surface area contributed by atoms with Gasteiger partial charge in [-0.05, 0) is 23.7 Å². The zero-order chi connectivity index (χ0) is 8.97. The van der Waals surface area contributed by atoms with Gasteiger partial charge in [0, 0.05) is 19.0 Å². The van der Waals surface area contributed by atoms with Crippen LogP contribution in [-0.4, -0.2) is 24.1 Å². The van der Waals surface area contributed by atoms with Crippen LogP contribution in [-0.2, 0) is 6.54 Å². The highest BCUT2D eigenvalue weighted by atomic mass is 32.1. The van der Waals surface area contributed by atoms with E-state index >= 15 is 0 Å². The molecule has 0 bridgehead atoms. The normalized spacial score (nSPS) is 9.50. The third-order valence-corrected chi connectivity index (χ3v) is 2.79. The minimum Gasteiger partial charge on any atom is -0.358 e. The Kier molecular flexibility index (Phi) is 3.49. The molecule has 0 aromatic carbocycles. The first kappa shape index (κ1) is 9.48. The van der Waals surface area contributed by atoms with Crippen LogP contribution in [0.25, 0.3) is 0 Å². The van der Waals surface area contributed by atoms with Gasteiger partial charge in [-0.1, -0.05) is 6.07 Å². The van der Waals surface area contributed by atoms with E-state index in [1.165, 1.54) is 4.88 Å². The van der Waals surface area contributed by atoms with Gasteiger partial charge in [-0.15, -0.1) is 11.3 Å². The maximum atomic E-state index is 5.07. The Morgan fingerprint density at radius 1 is 1.67 bits per heavy atom. The standard InChI is InChI=1S/C8H12N2S2/c1-10(2)8(11)9-6-7-4-3-5-12-7/h3-5H,6H2,1-2H3,(H,9,11). The molecule has 0 radical (unpaired) electrons. The molecule has 0 aliphatic heterocycles. The molecule has 0 aliphatic rings. The van der Waals surface area contributed by atoms with Gasteiger partial charge in [0.25, 0.3) is 0 Å². The molecule has 0 saturated carbocycles. The highest BCUT2D eigenvalue weighted by Crippen LogP contribution is 2.07. The lowest BCUT2D eigenvalue weighted by Crippen LogP contribution is -2.33. The quantitative estimate of drug-likeness (QED) is 0.731. The van der Waals surface area contributed by atoms with E-state index in [0.717, 1.165) is 11.7 Å². The monoisotopic (exact) mass is 200 g/mol. The van der Waals surface area contributed by atoms with Crippen molar-refractivity contribution >= 4 is 28.7 Å². The third kappa shape index (κ3) is 2.79. The van der Waals surface area contributed by atoms with E-state index < -0.39 is 0 Å². The number of rotatable bonds is 2. The van der Waals surface area contributed by atoms with E-state index in [-0.39, 0.29) is 0 Å². The molecular formula is C8H12N2S2. The first-order chi connectivity index (χ1) is 5.70.